The molecule has 2 unspecified atom stereocenters. The molecule has 2 atom stereocenters. The Hall–Kier alpha value is -1.37. The van der Waals surface area contributed by atoms with Gasteiger partial charge in [-0.3, -0.25) is 10.1 Å². The van der Waals surface area contributed by atoms with Gasteiger partial charge in [0.15, 0.2) is 0 Å². The van der Waals surface area contributed by atoms with Crippen molar-refractivity contribution in [3.8, 4) is 0 Å². The Kier molecular flexibility index (Phi) is 4.28. The van der Waals surface area contributed by atoms with Crippen LogP contribution in [0.4, 0.5) is 11.4 Å². The van der Waals surface area contributed by atoms with E-state index in [2.05, 4.69) is 0 Å². The zero-order valence-corrected chi connectivity index (χ0v) is 10.1. The predicted molar refractivity (Wildman–Crippen MR) is 63.9 cm³/mol. The molecule has 1 aromatic carbocycles. The van der Waals surface area contributed by atoms with Crippen molar-refractivity contribution in [2.45, 2.75) is 26.3 Å². The van der Waals surface area contributed by atoms with Gasteiger partial charge in [0.2, 0.25) is 0 Å². The molecule has 0 bridgehead atoms. The predicted octanol–water partition coefficient (Wildman–Crippen LogP) is 1.73. The quantitative estimate of drug-likeness (QED) is 0.489. The third-order valence-electron chi connectivity index (χ3n) is 2.23. The summed E-state index contributed by atoms with van der Waals surface area (Å²) in [7, 11) is 0. The summed E-state index contributed by atoms with van der Waals surface area (Å²) in [6.07, 6.45) is -1.93. The van der Waals surface area contributed by atoms with Gasteiger partial charge in [-0.1, -0.05) is 11.6 Å². The number of nitro benzene ring substituents is 1. The molecule has 17 heavy (non-hydrogen) atoms. The number of anilines is 1. The molecule has 0 heterocycles. The molecule has 6 nitrogen and oxygen atoms in total. The normalized spacial score (nSPS) is 14.2. The van der Waals surface area contributed by atoms with Crippen molar-refractivity contribution in [2.24, 2.45) is 0 Å². The van der Waals surface area contributed by atoms with Crippen LogP contribution in [0.25, 0.3) is 0 Å². The van der Waals surface area contributed by atoms with E-state index in [-0.39, 0.29) is 10.7 Å². The summed E-state index contributed by atoms with van der Waals surface area (Å²) in [6.45, 7) is 2.93. The third-order valence-corrected chi connectivity index (χ3v) is 2.53. The fourth-order valence-corrected chi connectivity index (χ4v) is 1.81. The van der Waals surface area contributed by atoms with E-state index in [0.29, 0.717) is 5.69 Å². The van der Waals surface area contributed by atoms with Crippen molar-refractivity contribution in [2.75, 3.05) is 4.90 Å². The monoisotopic (exact) mass is 260 g/mol. The minimum Gasteiger partial charge on any atom is -0.374 e. The van der Waals surface area contributed by atoms with Crippen LogP contribution in [0.15, 0.2) is 18.2 Å². The minimum atomic E-state index is -0.964. The molecule has 1 aromatic rings. The maximum atomic E-state index is 10.5. The zero-order valence-electron chi connectivity index (χ0n) is 9.37. The average molecular weight is 261 g/mol. The van der Waals surface area contributed by atoms with Gasteiger partial charge in [0.05, 0.1) is 15.6 Å². The van der Waals surface area contributed by atoms with E-state index in [1.165, 1.54) is 36.9 Å². The molecule has 0 fully saturated rings. The van der Waals surface area contributed by atoms with E-state index in [1.54, 1.807) is 0 Å². The maximum absolute atomic E-state index is 10.5. The topological polar surface area (TPSA) is 86.8 Å². The molecule has 0 aromatic heterocycles. The third kappa shape index (κ3) is 3.06. The Morgan fingerprint density at radius 1 is 1.35 bits per heavy atom. The van der Waals surface area contributed by atoms with Gasteiger partial charge in [-0.15, -0.1) is 0 Å². The molecule has 2 N–H and O–H groups in total. The van der Waals surface area contributed by atoms with Crippen LogP contribution in [0, 0.1) is 10.1 Å². The van der Waals surface area contributed by atoms with E-state index in [0.717, 1.165) is 0 Å². The summed E-state index contributed by atoms with van der Waals surface area (Å²) in [5.41, 5.74) is 0.192. The van der Waals surface area contributed by atoms with Crippen molar-refractivity contribution in [1.29, 1.82) is 0 Å². The molecule has 0 amide bonds. The number of aliphatic hydroxyl groups is 2. The highest BCUT2D eigenvalue weighted by atomic mass is 35.5. The highest BCUT2D eigenvalue weighted by molar-refractivity contribution is 6.33. The average Bonchev–Trinajstić information content (AvgIpc) is 2.19. The smallest absolute Gasteiger partial charge is 0.271 e. The van der Waals surface area contributed by atoms with E-state index >= 15 is 0 Å². The molecule has 0 aliphatic heterocycles. The second-order valence-electron chi connectivity index (χ2n) is 3.56. The number of nitrogens with zero attached hydrogens (tertiary/aromatic N) is 2. The molecule has 0 radical (unpaired) electrons. The number of aliphatic hydroxyl groups excluding tert-OH is 2. The number of nitro groups is 1. The molecule has 0 saturated heterocycles. The first-order chi connectivity index (χ1) is 7.84. The summed E-state index contributed by atoms with van der Waals surface area (Å²) in [5, 5.41) is 29.7. The Labute approximate surface area is 103 Å². The maximum Gasteiger partial charge on any atom is 0.271 e. The number of rotatable bonds is 4. The molecule has 94 valence electrons. The molecular formula is C10H13ClN2O4. The highest BCUT2D eigenvalue weighted by Crippen LogP contribution is 2.31. The summed E-state index contributed by atoms with van der Waals surface area (Å²) in [6, 6.07) is 3.83. The Morgan fingerprint density at radius 2 is 1.88 bits per heavy atom. The van der Waals surface area contributed by atoms with Crippen LogP contribution < -0.4 is 4.90 Å². The first kappa shape index (κ1) is 13.7. The van der Waals surface area contributed by atoms with Crippen LogP contribution in [0.5, 0.6) is 0 Å². The van der Waals surface area contributed by atoms with Crippen LogP contribution in [0.2, 0.25) is 5.02 Å². The van der Waals surface area contributed by atoms with Gasteiger partial charge >= 0.3 is 0 Å². The second kappa shape index (κ2) is 5.31. The van der Waals surface area contributed by atoms with E-state index in [4.69, 9.17) is 11.6 Å². The number of hydrogen-bond donors (Lipinski definition) is 2. The van der Waals surface area contributed by atoms with E-state index in [1.807, 2.05) is 0 Å². The SMILES string of the molecule is CC(O)N(c1ccc([N+](=O)[O-])cc1Cl)C(C)O. The molecule has 0 aliphatic carbocycles. The number of benzene rings is 1. The van der Waals surface area contributed by atoms with E-state index < -0.39 is 17.4 Å². The van der Waals surface area contributed by atoms with Crippen LogP contribution in [-0.2, 0) is 0 Å². The fraction of sp³-hybridized carbons (Fsp3) is 0.400. The number of hydrogen-bond acceptors (Lipinski definition) is 5. The first-order valence-corrected chi connectivity index (χ1v) is 5.30. The van der Waals surface area contributed by atoms with Crippen LogP contribution >= 0.6 is 11.6 Å². The van der Waals surface area contributed by atoms with Gasteiger partial charge in [-0.05, 0) is 19.9 Å². The number of non-ortho nitro benzene ring substituents is 1. The largest absolute Gasteiger partial charge is 0.374 e. The summed E-state index contributed by atoms with van der Waals surface area (Å²) in [5.74, 6) is 0. The molecular weight excluding hydrogens is 248 g/mol. The van der Waals surface area contributed by atoms with Gasteiger partial charge in [0.1, 0.15) is 12.5 Å². The lowest BCUT2D eigenvalue weighted by Gasteiger charge is -2.31. The zero-order chi connectivity index (χ0) is 13.2. The summed E-state index contributed by atoms with van der Waals surface area (Å²) in [4.78, 5) is 11.2. The van der Waals surface area contributed by atoms with Gasteiger partial charge < -0.3 is 15.1 Å². The molecule has 1 rings (SSSR count). The van der Waals surface area contributed by atoms with Crippen molar-refractivity contribution in [1.82, 2.24) is 0 Å². The van der Waals surface area contributed by atoms with Gasteiger partial charge in [-0.2, -0.15) is 0 Å². The van der Waals surface area contributed by atoms with Gasteiger partial charge in [0, 0.05) is 12.1 Å². The summed E-state index contributed by atoms with van der Waals surface area (Å²) >= 11 is 5.89. The van der Waals surface area contributed by atoms with Crippen molar-refractivity contribution >= 4 is 23.0 Å². The minimum absolute atomic E-state index is 0.0981. The second-order valence-corrected chi connectivity index (χ2v) is 3.97. The highest BCUT2D eigenvalue weighted by Gasteiger charge is 2.21. The molecule has 7 heteroatoms. The first-order valence-electron chi connectivity index (χ1n) is 4.93. The molecule has 0 aliphatic rings. The fourth-order valence-electron chi connectivity index (χ4n) is 1.53. The summed E-state index contributed by atoms with van der Waals surface area (Å²) < 4.78 is 0. The molecule has 0 saturated carbocycles. The lowest BCUT2D eigenvalue weighted by molar-refractivity contribution is -0.384. The van der Waals surface area contributed by atoms with Gasteiger partial charge in [-0.25, -0.2) is 0 Å². The van der Waals surface area contributed by atoms with Crippen LogP contribution in [-0.4, -0.2) is 27.6 Å². The van der Waals surface area contributed by atoms with Gasteiger partial charge in [0.25, 0.3) is 5.69 Å². The van der Waals surface area contributed by atoms with Crippen molar-refractivity contribution < 1.29 is 15.1 Å². The Morgan fingerprint density at radius 3 is 2.24 bits per heavy atom. The standard InChI is InChI=1S/C10H13ClN2O4/c1-6(14)12(7(2)15)10-4-3-8(13(16)17)5-9(10)11/h3-7,14-15H,1-2H3. The lowest BCUT2D eigenvalue weighted by atomic mass is 10.2. The Bertz CT molecular complexity index is 415. The Balaban J connectivity index is 3.18. The van der Waals surface area contributed by atoms with Crippen LogP contribution in [0.3, 0.4) is 0 Å². The van der Waals surface area contributed by atoms with Crippen molar-refractivity contribution in [3.05, 3.63) is 33.3 Å². The van der Waals surface area contributed by atoms with E-state index in [9.17, 15) is 20.3 Å². The molecule has 0 spiro atoms. The lowest BCUT2D eigenvalue weighted by Crippen LogP contribution is -2.40. The van der Waals surface area contributed by atoms with Crippen LogP contribution in [0.1, 0.15) is 13.8 Å². The number of halogens is 1. The van der Waals surface area contributed by atoms with Crippen molar-refractivity contribution in [3.63, 3.8) is 0 Å².